The van der Waals surface area contributed by atoms with Crippen LogP contribution in [0.2, 0.25) is 0 Å². The molecule has 0 radical (unpaired) electrons. The van der Waals surface area contributed by atoms with Crippen LogP contribution in [-0.4, -0.2) is 46.9 Å². The van der Waals surface area contributed by atoms with Crippen LogP contribution in [0, 0.1) is 22.7 Å². The molecule has 0 bridgehead atoms. The fraction of sp³-hybridized carbons (Fsp3) is 0.800. The summed E-state index contributed by atoms with van der Waals surface area (Å²) >= 11 is 0. The smallest absolute Gasteiger partial charge is 0.0648 e. The molecule has 4 nitrogen and oxygen atoms in total. The van der Waals surface area contributed by atoms with Gasteiger partial charge in [-0.3, -0.25) is 0 Å². The molecule has 0 spiro atoms. The molecule has 4 N–H and O–H groups in total. The maximum atomic E-state index is 10.3. The van der Waals surface area contributed by atoms with E-state index in [1.807, 2.05) is 0 Å². The number of allylic oxidation sites excluding steroid dienone is 1. The maximum absolute atomic E-state index is 10.3. The van der Waals surface area contributed by atoms with E-state index in [4.69, 9.17) is 5.11 Å². The van der Waals surface area contributed by atoms with Crippen molar-refractivity contribution in [2.45, 2.75) is 52.4 Å². The molecule has 2 aliphatic rings. The van der Waals surface area contributed by atoms with Crippen molar-refractivity contribution in [1.82, 2.24) is 0 Å². The van der Waals surface area contributed by atoms with Crippen LogP contribution in [0.4, 0.5) is 0 Å². The van der Waals surface area contributed by atoms with Crippen molar-refractivity contribution < 1.29 is 20.4 Å². The first-order valence-corrected chi connectivity index (χ1v) is 9.29. The molecule has 1 saturated carbocycles. The lowest BCUT2D eigenvalue weighted by atomic mass is 9.46. The lowest BCUT2D eigenvalue weighted by Crippen LogP contribution is -2.53. The molecular weight excluding hydrogens is 304 g/mol. The summed E-state index contributed by atoms with van der Waals surface area (Å²) in [6, 6.07) is 0. The molecule has 0 heterocycles. The highest BCUT2D eigenvalue weighted by atomic mass is 16.3. The number of fused-ring (bicyclic) bond motifs is 1. The molecule has 2 rings (SSSR count). The predicted octanol–water partition coefficient (Wildman–Crippen LogP) is 2.42. The Bertz CT molecular complexity index is 484. The predicted molar refractivity (Wildman–Crippen MR) is 95.4 cm³/mol. The Balaban J connectivity index is 2.30. The van der Waals surface area contributed by atoms with E-state index in [1.54, 1.807) is 6.08 Å². The second-order valence-corrected chi connectivity index (χ2v) is 7.98. The molecule has 0 aromatic heterocycles. The molecular formula is C20H34O4. The highest BCUT2D eigenvalue weighted by Gasteiger charge is 2.55. The number of hydrogen-bond acceptors (Lipinski definition) is 4. The van der Waals surface area contributed by atoms with E-state index >= 15 is 0 Å². The molecule has 2 aliphatic carbocycles. The highest BCUT2D eigenvalue weighted by molar-refractivity contribution is 5.24. The molecule has 1 fully saturated rings. The number of aliphatic hydroxyl groups excluding tert-OH is 4. The minimum Gasteiger partial charge on any atom is -0.395 e. The lowest BCUT2D eigenvalue weighted by Gasteiger charge is -2.59. The fourth-order valence-electron chi connectivity index (χ4n) is 5.31. The van der Waals surface area contributed by atoms with Gasteiger partial charge in [-0.2, -0.15) is 0 Å². The molecule has 24 heavy (non-hydrogen) atoms. The number of rotatable bonds is 7. The molecule has 138 valence electrons. The second-order valence-electron chi connectivity index (χ2n) is 7.98. The van der Waals surface area contributed by atoms with E-state index in [-0.39, 0.29) is 37.3 Å². The zero-order valence-electron chi connectivity index (χ0n) is 15.2. The average molecular weight is 338 g/mol. The third-order valence-corrected chi connectivity index (χ3v) is 7.12. The quantitative estimate of drug-likeness (QED) is 0.538. The van der Waals surface area contributed by atoms with Gasteiger partial charge in [-0.1, -0.05) is 26.0 Å². The van der Waals surface area contributed by atoms with Gasteiger partial charge in [-0.25, -0.2) is 0 Å². The average Bonchev–Trinajstić information content (AvgIpc) is 2.61. The van der Waals surface area contributed by atoms with E-state index < -0.39 is 0 Å². The minimum atomic E-state index is -0.283. The van der Waals surface area contributed by atoms with E-state index in [0.29, 0.717) is 11.8 Å². The summed E-state index contributed by atoms with van der Waals surface area (Å²) in [5, 5.41) is 38.7. The zero-order valence-corrected chi connectivity index (χ0v) is 15.2. The molecule has 0 aromatic carbocycles. The van der Waals surface area contributed by atoms with Gasteiger partial charge < -0.3 is 20.4 Å². The molecule has 0 aromatic rings. The van der Waals surface area contributed by atoms with Crippen molar-refractivity contribution in [3.8, 4) is 0 Å². The van der Waals surface area contributed by atoms with Gasteiger partial charge >= 0.3 is 0 Å². The van der Waals surface area contributed by atoms with Crippen LogP contribution < -0.4 is 0 Å². The van der Waals surface area contributed by atoms with Gasteiger partial charge in [-0.05, 0) is 66.9 Å². The van der Waals surface area contributed by atoms with Gasteiger partial charge in [0.15, 0.2) is 0 Å². The largest absolute Gasteiger partial charge is 0.395 e. The molecule has 4 atom stereocenters. The van der Waals surface area contributed by atoms with E-state index in [9.17, 15) is 15.3 Å². The SMILES string of the molecule is CC1CCC2(CO)C(CO)=CCCC2C1(C)CC/C(=C/CO)CO. The Morgan fingerprint density at radius 1 is 1.25 bits per heavy atom. The van der Waals surface area contributed by atoms with Crippen LogP contribution in [0.1, 0.15) is 52.4 Å². The van der Waals surface area contributed by atoms with E-state index in [1.165, 1.54) is 0 Å². The second kappa shape index (κ2) is 8.13. The van der Waals surface area contributed by atoms with Crippen molar-refractivity contribution in [1.29, 1.82) is 0 Å². The molecule has 0 aliphatic heterocycles. The summed E-state index contributed by atoms with van der Waals surface area (Å²) in [5.41, 5.74) is 1.68. The van der Waals surface area contributed by atoms with Gasteiger partial charge in [-0.15, -0.1) is 0 Å². The Morgan fingerprint density at radius 3 is 2.58 bits per heavy atom. The van der Waals surface area contributed by atoms with Crippen LogP contribution in [0.15, 0.2) is 23.3 Å². The first-order chi connectivity index (χ1) is 11.5. The Morgan fingerprint density at radius 2 is 2.00 bits per heavy atom. The van der Waals surface area contributed by atoms with Gasteiger partial charge in [0.25, 0.3) is 0 Å². The third-order valence-electron chi connectivity index (χ3n) is 7.12. The van der Waals surface area contributed by atoms with Crippen molar-refractivity contribution in [3.63, 3.8) is 0 Å². The van der Waals surface area contributed by atoms with E-state index in [0.717, 1.165) is 49.7 Å². The number of aliphatic hydroxyl groups is 4. The first kappa shape index (κ1) is 19.6. The summed E-state index contributed by atoms with van der Waals surface area (Å²) in [7, 11) is 0. The standard InChI is InChI=1S/C20H34O4/c1-15-6-10-20(14-24)17(13-23)4-3-5-18(20)19(15,2)9-7-16(12-22)8-11-21/h4,8,15,18,21-24H,3,5-7,9-14H2,1-2H3/b16-8-. The Kier molecular flexibility index (Phi) is 6.66. The van der Waals surface area contributed by atoms with Crippen LogP contribution in [0.3, 0.4) is 0 Å². The van der Waals surface area contributed by atoms with Gasteiger partial charge in [0, 0.05) is 5.41 Å². The summed E-state index contributed by atoms with van der Waals surface area (Å²) < 4.78 is 0. The molecule has 4 heteroatoms. The minimum absolute atomic E-state index is 0.0113. The van der Waals surface area contributed by atoms with Crippen molar-refractivity contribution >= 4 is 0 Å². The highest BCUT2D eigenvalue weighted by Crippen LogP contribution is 2.61. The Labute approximate surface area is 145 Å². The maximum Gasteiger partial charge on any atom is 0.0648 e. The summed E-state index contributed by atoms with van der Waals surface area (Å²) in [4.78, 5) is 0. The van der Waals surface area contributed by atoms with Gasteiger partial charge in [0.05, 0.1) is 26.4 Å². The number of hydrogen-bond donors (Lipinski definition) is 4. The molecule has 0 amide bonds. The molecule has 4 unspecified atom stereocenters. The van der Waals surface area contributed by atoms with E-state index in [2.05, 4.69) is 19.9 Å². The normalized spacial score (nSPS) is 37.1. The monoisotopic (exact) mass is 338 g/mol. The molecule has 0 saturated heterocycles. The Hall–Kier alpha value is -0.680. The van der Waals surface area contributed by atoms with Crippen LogP contribution >= 0.6 is 0 Å². The summed E-state index contributed by atoms with van der Waals surface area (Å²) in [6.07, 6.45) is 9.54. The van der Waals surface area contributed by atoms with Gasteiger partial charge in [0.1, 0.15) is 0 Å². The lowest BCUT2D eigenvalue weighted by molar-refractivity contribution is -0.0828. The third kappa shape index (κ3) is 3.34. The van der Waals surface area contributed by atoms with Crippen molar-refractivity contribution in [2.75, 3.05) is 26.4 Å². The van der Waals surface area contributed by atoms with Gasteiger partial charge in [0.2, 0.25) is 0 Å². The fourth-order valence-corrected chi connectivity index (χ4v) is 5.31. The van der Waals surface area contributed by atoms with Crippen LogP contribution in [0.25, 0.3) is 0 Å². The van der Waals surface area contributed by atoms with Crippen molar-refractivity contribution in [2.24, 2.45) is 22.7 Å². The van der Waals surface area contributed by atoms with Crippen LogP contribution in [0.5, 0.6) is 0 Å². The first-order valence-electron chi connectivity index (χ1n) is 9.29. The summed E-state index contributed by atoms with van der Waals surface area (Å²) in [5.74, 6) is 0.884. The topological polar surface area (TPSA) is 80.9 Å². The van der Waals surface area contributed by atoms with Crippen LogP contribution in [-0.2, 0) is 0 Å². The van der Waals surface area contributed by atoms with Crippen molar-refractivity contribution in [3.05, 3.63) is 23.3 Å². The summed E-state index contributed by atoms with van der Waals surface area (Å²) in [6.45, 7) is 4.71. The zero-order chi connectivity index (χ0) is 17.8.